The summed E-state index contributed by atoms with van der Waals surface area (Å²) in [6, 6.07) is 9.60. The molecular weight excluding hydrogens is 276 g/mol. The Labute approximate surface area is 122 Å². The van der Waals surface area contributed by atoms with Crippen LogP contribution in [0.5, 0.6) is 11.5 Å². The molecule has 2 rings (SSSR count). The van der Waals surface area contributed by atoms with Crippen molar-refractivity contribution in [2.75, 3.05) is 14.2 Å². The van der Waals surface area contributed by atoms with Crippen LogP contribution in [0, 0.1) is 11.6 Å². The molecule has 0 saturated carbocycles. The van der Waals surface area contributed by atoms with Gasteiger partial charge in [0.05, 0.1) is 14.2 Å². The Bertz CT molecular complexity index is 595. The number of benzene rings is 2. The van der Waals surface area contributed by atoms with E-state index in [9.17, 15) is 8.78 Å². The van der Waals surface area contributed by atoms with Crippen molar-refractivity contribution in [3.05, 3.63) is 59.2 Å². The summed E-state index contributed by atoms with van der Waals surface area (Å²) in [5, 5.41) is 2.00. The molecule has 0 aliphatic carbocycles. The van der Waals surface area contributed by atoms with Gasteiger partial charge in [0.15, 0.2) is 11.6 Å². The fourth-order valence-corrected chi connectivity index (χ4v) is 2.06. The lowest BCUT2D eigenvalue weighted by Crippen LogP contribution is -2.80. The largest absolute Gasteiger partial charge is 0.497 e. The van der Waals surface area contributed by atoms with E-state index in [1.54, 1.807) is 26.4 Å². The van der Waals surface area contributed by atoms with Gasteiger partial charge in [-0.3, -0.25) is 0 Å². The highest BCUT2D eigenvalue weighted by Gasteiger charge is 2.06. The van der Waals surface area contributed by atoms with Crippen LogP contribution < -0.4 is 14.8 Å². The molecule has 21 heavy (non-hydrogen) atoms. The first-order valence-electron chi connectivity index (χ1n) is 6.60. The highest BCUT2D eigenvalue weighted by atomic mass is 19.2. The molecule has 2 N–H and O–H groups in total. The average molecular weight is 294 g/mol. The minimum Gasteiger partial charge on any atom is -0.497 e. The van der Waals surface area contributed by atoms with Crippen LogP contribution in [0.2, 0.25) is 0 Å². The summed E-state index contributed by atoms with van der Waals surface area (Å²) in [6.45, 7) is 1.25. The van der Waals surface area contributed by atoms with Crippen LogP contribution >= 0.6 is 0 Å². The maximum Gasteiger partial charge on any atom is 0.159 e. The van der Waals surface area contributed by atoms with Crippen LogP contribution in [0.1, 0.15) is 11.1 Å². The van der Waals surface area contributed by atoms with Gasteiger partial charge in [-0.15, -0.1) is 0 Å². The van der Waals surface area contributed by atoms with E-state index in [0.717, 1.165) is 28.7 Å². The summed E-state index contributed by atoms with van der Waals surface area (Å²) in [4.78, 5) is 0. The van der Waals surface area contributed by atoms with Crippen molar-refractivity contribution in [3.8, 4) is 11.5 Å². The molecule has 0 amide bonds. The average Bonchev–Trinajstić information content (AvgIpc) is 2.50. The molecule has 0 atom stereocenters. The van der Waals surface area contributed by atoms with Crippen molar-refractivity contribution < 1.29 is 23.6 Å². The Kier molecular flexibility index (Phi) is 5.11. The molecule has 2 aromatic carbocycles. The first kappa shape index (κ1) is 15.3. The van der Waals surface area contributed by atoms with Crippen molar-refractivity contribution in [1.82, 2.24) is 0 Å². The molecule has 0 unspecified atom stereocenters. The van der Waals surface area contributed by atoms with Crippen LogP contribution in [0.15, 0.2) is 36.4 Å². The Hall–Kier alpha value is -2.14. The maximum absolute atomic E-state index is 13.1. The molecule has 0 heterocycles. The molecule has 0 aliphatic rings. The van der Waals surface area contributed by atoms with Crippen molar-refractivity contribution in [2.24, 2.45) is 0 Å². The van der Waals surface area contributed by atoms with E-state index in [1.807, 2.05) is 17.4 Å². The molecular formula is C16H18F2NO2+. The summed E-state index contributed by atoms with van der Waals surface area (Å²) in [7, 11) is 3.20. The molecule has 0 spiro atoms. The Morgan fingerprint density at radius 1 is 0.810 bits per heavy atom. The number of hydrogen-bond acceptors (Lipinski definition) is 2. The van der Waals surface area contributed by atoms with Crippen molar-refractivity contribution >= 4 is 0 Å². The number of ether oxygens (including phenoxy) is 2. The molecule has 0 aliphatic heterocycles. The third-order valence-corrected chi connectivity index (χ3v) is 3.16. The number of methoxy groups -OCH3 is 2. The van der Waals surface area contributed by atoms with E-state index in [4.69, 9.17) is 9.47 Å². The summed E-state index contributed by atoms with van der Waals surface area (Å²) >= 11 is 0. The maximum atomic E-state index is 13.1. The van der Waals surface area contributed by atoms with Crippen LogP contribution in [0.3, 0.4) is 0 Å². The Balaban J connectivity index is 1.98. The molecule has 5 heteroatoms. The van der Waals surface area contributed by atoms with Gasteiger partial charge in [0, 0.05) is 17.2 Å². The molecule has 0 radical (unpaired) electrons. The molecule has 0 fully saturated rings. The zero-order chi connectivity index (χ0) is 15.2. The number of hydrogen-bond donors (Lipinski definition) is 1. The number of rotatable bonds is 6. The fourth-order valence-electron chi connectivity index (χ4n) is 2.06. The molecule has 0 saturated heterocycles. The van der Waals surface area contributed by atoms with Crippen molar-refractivity contribution in [1.29, 1.82) is 0 Å². The summed E-state index contributed by atoms with van der Waals surface area (Å²) in [5.74, 6) is -0.184. The Morgan fingerprint density at radius 2 is 1.43 bits per heavy atom. The summed E-state index contributed by atoms with van der Waals surface area (Å²) in [5.41, 5.74) is 1.78. The summed E-state index contributed by atoms with van der Waals surface area (Å²) < 4.78 is 36.4. The lowest BCUT2D eigenvalue weighted by atomic mass is 10.1. The fraction of sp³-hybridized carbons (Fsp3) is 0.250. The lowest BCUT2D eigenvalue weighted by Gasteiger charge is -2.08. The van der Waals surface area contributed by atoms with E-state index in [1.165, 1.54) is 6.07 Å². The third-order valence-electron chi connectivity index (χ3n) is 3.16. The second kappa shape index (κ2) is 7.04. The Morgan fingerprint density at radius 3 is 2.00 bits per heavy atom. The first-order valence-corrected chi connectivity index (χ1v) is 6.60. The third kappa shape index (κ3) is 4.16. The molecule has 0 bridgehead atoms. The van der Waals surface area contributed by atoms with Gasteiger partial charge < -0.3 is 14.8 Å². The number of nitrogens with two attached hydrogens (primary N) is 1. The van der Waals surface area contributed by atoms with Gasteiger partial charge >= 0.3 is 0 Å². The van der Waals surface area contributed by atoms with Crippen molar-refractivity contribution in [2.45, 2.75) is 13.1 Å². The molecule has 3 nitrogen and oxygen atoms in total. The molecule has 0 aromatic heterocycles. The van der Waals surface area contributed by atoms with Gasteiger partial charge in [-0.05, 0) is 24.3 Å². The van der Waals surface area contributed by atoms with E-state index in [0.29, 0.717) is 13.1 Å². The van der Waals surface area contributed by atoms with Gasteiger partial charge in [-0.2, -0.15) is 0 Å². The zero-order valence-electron chi connectivity index (χ0n) is 12.0. The molecule has 112 valence electrons. The van der Waals surface area contributed by atoms with E-state index < -0.39 is 11.6 Å². The van der Waals surface area contributed by atoms with Crippen LogP contribution in [0.4, 0.5) is 8.78 Å². The highest BCUT2D eigenvalue weighted by Crippen LogP contribution is 2.21. The predicted molar refractivity (Wildman–Crippen MR) is 75.2 cm³/mol. The topological polar surface area (TPSA) is 35.1 Å². The lowest BCUT2D eigenvalue weighted by molar-refractivity contribution is -0.686. The van der Waals surface area contributed by atoms with E-state index >= 15 is 0 Å². The standard InChI is InChI=1S/C16H17F2NO2/c1-20-13-5-12(6-14(8-13)21-2)10-19-9-11-3-4-15(17)16(18)7-11/h3-8,19H,9-10H2,1-2H3/p+1. The first-order chi connectivity index (χ1) is 10.1. The van der Waals surface area contributed by atoms with Gasteiger partial charge in [0.2, 0.25) is 0 Å². The second-order valence-corrected chi connectivity index (χ2v) is 4.67. The zero-order valence-corrected chi connectivity index (χ0v) is 12.0. The quantitative estimate of drug-likeness (QED) is 0.887. The number of quaternary nitrogens is 1. The van der Waals surface area contributed by atoms with Crippen LogP contribution in [-0.4, -0.2) is 14.2 Å². The van der Waals surface area contributed by atoms with E-state index in [-0.39, 0.29) is 0 Å². The second-order valence-electron chi connectivity index (χ2n) is 4.67. The number of halogens is 2. The van der Waals surface area contributed by atoms with E-state index in [2.05, 4.69) is 0 Å². The van der Waals surface area contributed by atoms with Crippen molar-refractivity contribution in [3.63, 3.8) is 0 Å². The highest BCUT2D eigenvalue weighted by molar-refractivity contribution is 5.38. The SMILES string of the molecule is COc1cc(C[NH2+]Cc2ccc(F)c(F)c2)cc(OC)c1. The summed E-state index contributed by atoms with van der Waals surface area (Å²) in [6.07, 6.45) is 0. The predicted octanol–water partition coefficient (Wildman–Crippen LogP) is 2.25. The van der Waals surface area contributed by atoms with Crippen LogP contribution in [0.25, 0.3) is 0 Å². The minimum atomic E-state index is -0.823. The van der Waals surface area contributed by atoms with Gasteiger partial charge in [-0.25, -0.2) is 8.78 Å². The van der Waals surface area contributed by atoms with Gasteiger partial charge in [0.25, 0.3) is 0 Å². The monoisotopic (exact) mass is 294 g/mol. The normalized spacial score (nSPS) is 10.5. The minimum absolute atomic E-state index is 0.566. The van der Waals surface area contributed by atoms with Gasteiger partial charge in [-0.1, -0.05) is 6.07 Å². The van der Waals surface area contributed by atoms with Gasteiger partial charge in [0.1, 0.15) is 24.6 Å². The smallest absolute Gasteiger partial charge is 0.159 e. The van der Waals surface area contributed by atoms with Crippen LogP contribution in [-0.2, 0) is 13.1 Å². The molecule has 2 aromatic rings.